The number of fused-ring (bicyclic) bond motifs is 6. The molecule has 0 unspecified atom stereocenters. The van der Waals surface area contributed by atoms with E-state index in [0.29, 0.717) is 5.75 Å². The Balaban J connectivity index is 1.75. The number of benzene rings is 4. The second-order valence-corrected chi connectivity index (χ2v) is 8.66. The Morgan fingerprint density at radius 1 is 0.742 bits per heavy atom. The van der Waals surface area contributed by atoms with Crippen molar-refractivity contribution >= 4 is 29.5 Å². The summed E-state index contributed by atoms with van der Waals surface area (Å²) in [5.41, 5.74) is 8.66. The van der Waals surface area contributed by atoms with Gasteiger partial charge in [-0.15, -0.1) is 0 Å². The first-order valence-electron chi connectivity index (χ1n) is 10.5. The summed E-state index contributed by atoms with van der Waals surface area (Å²) in [6.45, 7) is 4.60. The molecule has 3 nitrogen and oxygen atoms in total. The SMILES string of the molecule is CC1(C)c2ccccc2-c2cc3c(cc21)c1cc(O[B]O)ccc1n3-c1ccccc1. The molecule has 0 amide bonds. The van der Waals surface area contributed by atoms with E-state index in [1.54, 1.807) is 0 Å². The maximum absolute atomic E-state index is 9.13. The summed E-state index contributed by atoms with van der Waals surface area (Å²) in [6, 6.07) is 29.8. The molecular formula is C27H21BNO2. The van der Waals surface area contributed by atoms with E-state index in [1.165, 1.54) is 27.6 Å². The third-order valence-corrected chi connectivity index (χ3v) is 6.64. The zero-order chi connectivity index (χ0) is 21.2. The van der Waals surface area contributed by atoms with Crippen LogP contribution < -0.4 is 4.65 Å². The van der Waals surface area contributed by atoms with E-state index in [9.17, 15) is 0 Å². The van der Waals surface area contributed by atoms with Crippen molar-refractivity contribution in [2.24, 2.45) is 0 Å². The summed E-state index contributed by atoms with van der Waals surface area (Å²) in [4.78, 5) is 0. The van der Waals surface area contributed by atoms with Gasteiger partial charge in [0.05, 0.1) is 11.0 Å². The van der Waals surface area contributed by atoms with Gasteiger partial charge in [0.2, 0.25) is 0 Å². The highest BCUT2D eigenvalue weighted by Crippen LogP contribution is 2.51. The van der Waals surface area contributed by atoms with Gasteiger partial charge in [0.1, 0.15) is 5.75 Å². The lowest BCUT2D eigenvalue weighted by molar-refractivity contribution is 0.454. The molecule has 4 heteroatoms. The first kappa shape index (κ1) is 18.3. The van der Waals surface area contributed by atoms with Crippen LogP contribution in [0.15, 0.2) is 84.9 Å². The summed E-state index contributed by atoms with van der Waals surface area (Å²) >= 11 is 0. The van der Waals surface area contributed by atoms with Crippen LogP contribution in [0.3, 0.4) is 0 Å². The predicted molar refractivity (Wildman–Crippen MR) is 127 cm³/mol. The lowest BCUT2D eigenvalue weighted by Crippen LogP contribution is -2.14. The molecule has 1 aliphatic rings. The highest BCUT2D eigenvalue weighted by molar-refractivity contribution is 6.18. The number of rotatable bonds is 3. The Morgan fingerprint density at radius 3 is 2.29 bits per heavy atom. The number of hydrogen-bond donors (Lipinski definition) is 1. The quantitative estimate of drug-likeness (QED) is 0.376. The van der Waals surface area contributed by atoms with Crippen LogP contribution in [0.1, 0.15) is 25.0 Å². The van der Waals surface area contributed by atoms with Gasteiger partial charge in [0.25, 0.3) is 0 Å². The standard InChI is InChI=1S/C27H21BNO2/c1-27(2)23-11-7-6-10-19(23)20-16-26-22(15-24(20)27)21-14-18(31-28-30)12-13-25(21)29(26)17-8-4-3-5-9-17/h3-16,30H,1-2H3. The third-order valence-electron chi connectivity index (χ3n) is 6.64. The van der Waals surface area contributed by atoms with Crippen molar-refractivity contribution in [3.8, 4) is 22.6 Å². The van der Waals surface area contributed by atoms with Crippen molar-refractivity contribution in [1.82, 2.24) is 4.57 Å². The molecule has 0 bridgehead atoms. The number of para-hydroxylation sites is 1. The van der Waals surface area contributed by atoms with Crippen LogP contribution in [0, 0.1) is 0 Å². The zero-order valence-corrected chi connectivity index (χ0v) is 17.5. The summed E-state index contributed by atoms with van der Waals surface area (Å²) in [5.74, 6) is 0.616. The van der Waals surface area contributed by atoms with E-state index in [0.717, 1.165) is 29.8 Å². The summed E-state index contributed by atoms with van der Waals surface area (Å²) < 4.78 is 7.59. The first-order chi connectivity index (χ1) is 15.1. The lowest BCUT2D eigenvalue weighted by Gasteiger charge is -2.21. The Kier molecular flexibility index (Phi) is 3.83. The van der Waals surface area contributed by atoms with Crippen molar-refractivity contribution in [3.63, 3.8) is 0 Å². The molecule has 1 heterocycles. The van der Waals surface area contributed by atoms with Crippen molar-refractivity contribution in [2.45, 2.75) is 19.3 Å². The molecule has 0 saturated heterocycles. The molecule has 4 aromatic carbocycles. The molecule has 149 valence electrons. The number of aromatic nitrogens is 1. The molecule has 0 spiro atoms. The minimum atomic E-state index is -0.0612. The summed E-state index contributed by atoms with van der Waals surface area (Å²) in [5, 5.41) is 11.4. The highest BCUT2D eigenvalue weighted by atomic mass is 16.5. The average Bonchev–Trinajstić information content (AvgIpc) is 3.23. The van der Waals surface area contributed by atoms with E-state index in [-0.39, 0.29) is 5.41 Å². The molecular weight excluding hydrogens is 381 g/mol. The minimum Gasteiger partial charge on any atom is -0.537 e. The maximum atomic E-state index is 9.13. The van der Waals surface area contributed by atoms with Crippen LogP contribution in [-0.4, -0.2) is 17.3 Å². The molecule has 5 aromatic rings. The predicted octanol–water partition coefficient (Wildman–Crippen LogP) is 6.00. The van der Waals surface area contributed by atoms with E-state index < -0.39 is 0 Å². The fourth-order valence-corrected chi connectivity index (χ4v) is 5.18. The minimum absolute atomic E-state index is 0.0612. The van der Waals surface area contributed by atoms with Gasteiger partial charge in [-0.3, -0.25) is 0 Å². The van der Waals surface area contributed by atoms with Gasteiger partial charge in [0, 0.05) is 21.9 Å². The topological polar surface area (TPSA) is 34.4 Å². The van der Waals surface area contributed by atoms with Crippen molar-refractivity contribution in [2.75, 3.05) is 0 Å². The van der Waals surface area contributed by atoms with Crippen molar-refractivity contribution in [1.29, 1.82) is 0 Å². The van der Waals surface area contributed by atoms with E-state index in [1.807, 2.05) is 18.2 Å². The second kappa shape index (κ2) is 6.50. The van der Waals surface area contributed by atoms with Gasteiger partial charge in [-0.1, -0.05) is 56.3 Å². The number of hydrogen-bond acceptors (Lipinski definition) is 2. The normalized spacial score (nSPS) is 13.9. The van der Waals surface area contributed by atoms with Crippen molar-refractivity contribution in [3.05, 3.63) is 96.1 Å². The van der Waals surface area contributed by atoms with Crippen LogP contribution in [-0.2, 0) is 5.41 Å². The monoisotopic (exact) mass is 402 g/mol. The fourth-order valence-electron chi connectivity index (χ4n) is 5.18. The third kappa shape index (κ3) is 2.52. The van der Waals surface area contributed by atoms with Crippen LogP contribution in [0.5, 0.6) is 5.75 Å². The molecule has 0 aliphatic heterocycles. The largest absolute Gasteiger partial charge is 0.569 e. The molecule has 1 N–H and O–H groups in total. The molecule has 0 saturated carbocycles. The van der Waals surface area contributed by atoms with Gasteiger partial charge in [-0.25, -0.2) is 0 Å². The van der Waals surface area contributed by atoms with Gasteiger partial charge >= 0.3 is 7.69 Å². The van der Waals surface area contributed by atoms with Crippen molar-refractivity contribution < 1.29 is 9.68 Å². The average molecular weight is 402 g/mol. The van der Waals surface area contributed by atoms with Gasteiger partial charge < -0.3 is 14.2 Å². The van der Waals surface area contributed by atoms with Gasteiger partial charge in [0.15, 0.2) is 0 Å². The Morgan fingerprint density at radius 2 is 1.48 bits per heavy atom. The molecule has 1 aromatic heterocycles. The smallest absolute Gasteiger partial charge is 0.537 e. The van der Waals surface area contributed by atoms with Crippen LogP contribution in [0.2, 0.25) is 0 Å². The van der Waals surface area contributed by atoms with Crippen LogP contribution in [0.4, 0.5) is 0 Å². The van der Waals surface area contributed by atoms with Gasteiger partial charge in [-0.2, -0.15) is 0 Å². The molecule has 1 aliphatic carbocycles. The molecule has 0 fully saturated rings. The summed E-state index contributed by atoms with van der Waals surface area (Å²) in [6.07, 6.45) is 0. The maximum Gasteiger partial charge on any atom is 0.569 e. The fraction of sp³-hybridized carbons (Fsp3) is 0.111. The summed E-state index contributed by atoms with van der Waals surface area (Å²) in [7, 11) is 0.731. The molecule has 6 rings (SSSR count). The van der Waals surface area contributed by atoms with E-state index in [4.69, 9.17) is 9.68 Å². The molecule has 31 heavy (non-hydrogen) atoms. The zero-order valence-electron chi connectivity index (χ0n) is 17.5. The van der Waals surface area contributed by atoms with E-state index in [2.05, 4.69) is 85.1 Å². The molecule has 1 radical (unpaired) electrons. The Hall–Kier alpha value is -3.50. The molecule has 0 atom stereocenters. The lowest BCUT2D eigenvalue weighted by atomic mass is 9.82. The van der Waals surface area contributed by atoms with Gasteiger partial charge in [-0.05, 0) is 64.7 Å². The van der Waals surface area contributed by atoms with Crippen LogP contribution >= 0.6 is 0 Å². The highest BCUT2D eigenvalue weighted by Gasteiger charge is 2.36. The second-order valence-electron chi connectivity index (χ2n) is 8.66. The Bertz CT molecular complexity index is 1470. The van der Waals surface area contributed by atoms with Crippen LogP contribution in [0.25, 0.3) is 38.6 Å². The number of nitrogens with zero attached hydrogens (tertiary/aromatic N) is 1. The first-order valence-corrected chi connectivity index (χ1v) is 10.5. The van der Waals surface area contributed by atoms with E-state index >= 15 is 0 Å². The Labute approximate surface area is 181 Å².